The van der Waals surface area contributed by atoms with Gasteiger partial charge in [0.15, 0.2) is 0 Å². The predicted octanol–water partition coefficient (Wildman–Crippen LogP) is 2.44. The van der Waals surface area contributed by atoms with Gasteiger partial charge in [-0.2, -0.15) is 5.26 Å². The molecule has 0 radical (unpaired) electrons. The van der Waals surface area contributed by atoms with Gasteiger partial charge >= 0.3 is 0 Å². The zero-order chi connectivity index (χ0) is 12.3. The number of nitrogens with zero attached hydrogens (tertiary/aromatic N) is 2. The molecule has 1 aromatic carbocycles. The molecular formula is C14H17N3. The third kappa shape index (κ3) is 2.32. The topological polar surface area (TPSA) is 54.7 Å². The fourth-order valence-corrected chi connectivity index (χ4v) is 2.11. The van der Waals surface area contributed by atoms with Gasteiger partial charge in [-0.15, -0.1) is 0 Å². The van der Waals surface area contributed by atoms with Crippen molar-refractivity contribution in [1.29, 1.82) is 5.26 Å². The van der Waals surface area contributed by atoms with Gasteiger partial charge in [-0.25, -0.2) is 0 Å². The second kappa shape index (κ2) is 5.03. The molecule has 88 valence electrons. The summed E-state index contributed by atoms with van der Waals surface area (Å²) in [5.41, 5.74) is 8.39. The second-order valence-electron chi connectivity index (χ2n) is 4.32. The van der Waals surface area contributed by atoms with Crippen molar-refractivity contribution in [3.05, 3.63) is 36.0 Å². The summed E-state index contributed by atoms with van der Waals surface area (Å²) in [6.45, 7) is 2.50. The first kappa shape index (κ1) is 11.7. The molecule has 1 unspecified atom stereocenters. The lowest BCUT2D eigenvalue weighted by atomic mass is 10.0. The molecule has 0 aliphatic rings. The van der Waals surface area contributed by atoms with Crippen LogP contribution in [0.1, 0.15) is 18.9 Å². The van der Waals surface area contributed by atoms with E-state index in [1.165, 1.54) is 10.9 Å². The summed E-state index contributed by atoms with van der Waals surface area (Å²) in [4.78, 5) is 0. The van der Waals surface area contributed by atoms with E-state index in [0.29, 0.717) is 6.54 Å². The van der Waals surface area contributed by atoms with Crippen LogP contribution < -0.4 is 5.73 Å². The van der Waals surface area contributed by atoms with Gasteiger partial charge < -0.3 is 10.3 Å². The molecule has 0 saturated heterocycles. The lowest BCUT2D eigenvalue weighted by molar-refractivity contribution is 0.649. The van der Waals surface area contributed by atoms with Crippen LogP contribution in [0.2, 0.25) is 0 Å². The maximum Gasteiger partial charge on any atom is 0.110 e. The number of fused-ring (bicyclic) bond motifs is 1. The lowest BCUT2D eigenvalue weighted by Crippen LogP contribution is -2.21. The maximum atomic E-state index is 8.76. The summed E-state index contributed by atoms with van der Waals surface area (Å²) in [6.07, 6.45) is 3.84. The summed E-state index contributed by atoms with van der Waals surface area (Å²) >= 11 is 0. The monoisotopic (exact) mass is 227 g/mol. The molecule has 17 heavy (non-hydrogen) atoms. The Morgan fingerprint density at radius 1 is 1.41 bits per heavy atom. The van der Waals surface area contributed by atoms with Gasteiger partial charge in [-0.3, -0.25) is 0 Å². The number of aromatic nitrogens is 1. The van der Waals surface area contributed by atoms with Crippen LogP contribution in [0.5, 0.6) is 0 Å². The molecule has 3 heteroatoms. The number of rotatable bonds is 4. The zero-order valence-corrected chi connectivity index (χ0v) is 10.1. The molecule has 0 aliphatic carbocycles. The number of hydrogen-bond acceptors (Lipinski definition) is 2. The Hall–Kier alpha value is -1.79. The van der Waals surface area contributed by atoms with Crippen LogP contribution >= 0.6 is 0 Å². The average molecular weight is 227 g/mol. The molecule has 3 nitrogen and oxygen atoms in total. The van der Waals surface area contributed by atoms with Crippen molar-refractivity contribution in [3.63, 3.8) is 0 Å². The van der Waals surface area contributed by atoms with Crippen molar-refractivity contribution < 1.29 is 0 Å². The fraction of sp³-hybridized carbons (Fsp3) is 0.357. The van der Waals surface area contributed by atoms with E-state index < -0.39 is 0 Å². The molecule has 0 aliphatic heterocycles. The molecule has 0 saturated carbocycles. The van der Waals surface area contributed by atoms with E-state index in [4.69, 9.17) is 11.0 Å². The Kier molecular flexibility index (Phi) is 3.46. The number of hydrogen-bond donors (Lipinski definition) is 1. The van der Waals surface area contributed by atoms with Crippen LogP contribution in [0.4, 0.5) is 0 Å². The van der Waals surface area contributed by atoms with Gasteiger partial charge in [0.1, 0.15) is 6.54 Å². The minimum Gasteiger partial charge on any atom is -0.334 e. The van der Waals surface area contributed by atoms with Crippen LogP contribution in [0.3, 0.4) is 0 Å². The Labute approximate surface area is 101 Å². The molecule has 0 bridgehead atoms. The van der Waals surface area contributed by atoms with Crippen molar-refractivity contribution in [2.75, 3.05) is 0 Å². The van der Waals surface area contributed by atoms with E-state index in [1.807, 2.05) is 22.9 Å². The van der Waals surface area contributed by atoms with Gasteiger partial charge in [-0.05, 0) is 30.5 Å². The lowest BCUT2D eigenvalue weighted by Gasteiger charge is -2.10. The summed E-state index contributed by atoms with van der Waals surface area (Å²) in [6, 6.07) is 10.7. The largest absolute Gasteiger partial charge is 0.334 e. The van der Waals surface area contributed by atoms with Gasteiger partial charge in [0.05, 0.1) is 6.07 Å². The van der Waals surface area contributed by atoms with Crippen LogP contribution in [0, 0.1) is 11.3 Å². The third-order valence-electron chi connectivity index (χ3n) is 3.15. The standard InChI is InChI=1S/C14H17N3/c1-2-12(16)10-11-4-3-5-14-13(11)6-8-17(14)9-7-15/h3-6,8,12H,2,9-10,16H2,1H3. The van der Waals surface area contributed by atoms with Crippen LogP contribution in [-0.2, 0) is 13.0 Å². The second-order valence-corrected chi connectivity index (χ2v) is 4.32. The SMILES string of the molecule is CCC(N)Cc1cccc2c1ccn2CC#N. The van der Waals surface area contributed by atoms with E-state index in [0.717, 1.165) is 18.4 Å². The van der Waals surface area contributed by atoms with Crippen molar-refractivity contribution in [3.8, 4) is 6.07 Å². The van der Waals surface area contributed by atoms with Gasteiger partial charge in [0.2, 0.25) is 0 Å². The summed E-state index contributed by atoms with van der Waals surface area (Å²) < 4.78 is 1.97. The Morgan fingerprint density at radius 2 is 2.24 bits per heavy atom. The van der Waals surface area contributed by atoms with Crippen molar-refractivity contribution in [2.24, 2.45) is 5.73 Å². The Balaban J connectivity index is 2.41. The van der Waals surface area contributed by atoms with E-state index in [2.05, 4.69) is 25.1 Å². The first-order chi connectivity index (χ1) is 8.26. The first-order valence-electron chi connectivity index (χ1n) is 5.95. The summed E-state index contributed by atoms with van der Waals surface area (Å²) in [5, 5.41) is 9.97. The molecule has 1 aromatic heterocycles. The highest BCUT2D eigenvalue weighted by Crippen LogP contribution is 2.21. The van der Waals surface area contributed by atoms with E-state index >= 15 is 0 Å². The van der Waals surface area contributed by atoms with Crippen LogP contribution in [0.15, 0.2) is 30.5 Å². The van der Waals surface area contributed by atoms with Gasteiger partial charge in [0, 0.05) is 23.1 Å². The van der Waals surface area contributed by atoms with Gasteiger partial charge in [-0.1, -0.05) is 19.1 Å². The zero-order valence-electron chi connectivity index (χ0n) is 10.1. The van der Waals surface area contributed by atoms with Crippen molar-refractivity contribution in [1.82, 2.24) is 4.57 Å². The molecule has 2 rings (SSSR count). The number of nitrogens with two attached hydrogens (primary N) is 1. The predicted molar refractivity (Wildman–Crippen MR) is 69.5 cm³/mol. The van der Waals surface area contributed by atoms with Crippen LogP contribution in [-0.4, -0.2) is 10.6 Å². The van der Waals surface area contributed by atoms with Crippen molar-refractivity contribution >= 4 is 10.9 Å². The smallest absolute Gasteiger partial charge is 0.110 e. The first-order valence-corrected chi connectivity index (χ1v) is 5.95. The Bertz CT molecular complexity index is 548. The average Bonchev–Trinajstić information content (AvgIpc) is 2.74. The highest BCUT2D eigenvalue weighted by atomic mass is 14.9. The normalized spacial score (nSPS) is 12.5. The molecule has 1 heterocycles. The van der Waals surface area contributed by atoms with E-state index in [1.54, 1.807) is 0 Å². The molecule has 0 amide bonds. The van der Waals surface area contributed by atoms with E-state index in [-0.39, 0.29) is 6.04 Å². The molecule has 2 N–H and O–H groups in total. The van der Waals surface area contributed by atoms with Crippen LogP contribution in [0.25, 0.3) is 10.9 Å². The molecule has 0 spiro atoms. The number of nitriles is 1. The minimum atomic E-state index is 0.208. The maximum absolute atomic E-state index is 8.76. The Morgan fingerprint density at radius 3 is 2.94 bits per heavy atom. The molecular weight excluding hydrogens is 210 g/mol. The summed E-state index contributed by atoms with van der Waals surface area (Å²) in [7, 11) is 0. The third-order valence-corrected chi connectivity index (χ3v) is 3.15. The number of benzene rings is 1. The van der Waals surface area contributed by atoms with Gasteiger partial charge in [0.25, 0.3) is 0 Å². The highest BCUT2D eigenvalue weighted by molar-refractivity contribution is 5.83. The molecule has 1 atom stereocenters. The van der Waals surface area contributed by atoms with Crippen molar-refractivity contribution in [2.45, 2.75) is 32.4 Å². The molecule has 0 fully saturated rings. The summed E-state index contributed by atoms with van der Waals surface area (Å²) in [5.74, 6) is 0. The quantitative estimate of drug-likeness (QED) is 0.872. The minimum absolute atomic E-state index is 0.208. The highest BCUT2D eigenvalue weighted by Gasteiger charge is 2.08. The fourth-order valence-electron chi connectivity index (χ4n) is 2.11. The molecule has 2 aromatic rings. The van der Waals surface area contributed by atoms with E-state index in [9.17, 15) is 0 Å².